The van der Waals surface area contributed by atoms with Gasteiger partial charge in [0, 0.05) is 30.1 Å². The van der Waals surface area contributed by atoms with E-state index in [-0.39, 0.29) is 23.0 Å². The van der Waals surface area contributed by atoms with E-state index in [0.717, 1.165) is 5.56 Å². The zero-order valence-electron chi connectivity index (χ0n) is 15.6. The van der Waals surface area contributed by atoms with E-state index in [1.165, 1.54) is 24.3 Å². The first-order chi connectivity index (χ1) is 13.4. The minimum atomic E-state index is -3.55. The number of rotatable bonds is 7. The number of halogens is 1. The predicted octanol–water partition coefficient (Wildman–Crippen LogP) is 3.32. The molecule has 6 nitrogen and oxygen atoms in total. The Bertz CT molecular complexity index is 944. The number of amides is 1. The number of para-hydroxylation sites is 1. The summed E-state index contributed by atoms with van der Waals surface area (Å²) >= 11 is 5.80. The molecule has 0 bridgehead atoms. The Morgan fingerprint density at radius 2 is 1.82 bits per heavy atom. The highest BCUT2D eigenvalue weighted by Gasteiger charge is 2.22. The summed E-state index contributed by atoms with van der Waals surface area (Å²) in [5.74, 6) is 0.831. The van der Waals surface area contributed by atoms with E-state index in [0.29, 0.717) is 42.8 Å². The Hall–Kier alpha value is -2.25. The maximum absolute atomic E-state index is 12.6. The molecule has 0 aliphatic carbocycles. The average molecular weight is 424 g/mol. The molecule has 0 radical (unpaired) electrons. The molecule has 0 atom stereocenters. The largest absolute Gasteiger partial charge is 0.486 e. The predicted molar refractivity (Wildman–Crippen MR) is 107 cm³/mol. The number of hydrogen-bond acceptors (Lipinski definition) is 5. The fourth-order valence-electron chi connectivity index (χ4n) is 2.98. The van der Waals surface area contributed by atoms with Crippen molar-refractivity contribution >= 4 is 27.3 Å². The van der Waals surface area contributed by atoms with Crippen LogP contribution in [0, 0.1) is 0 Å². The van der Waals surface area contributed by atoms with E-state index < -0.39 is 9.84 Å². The molecule has 8 heteroatoms. The van der Waals surface area contributed by atoms with E-state index >= 15 is 0 Å². The highest BCUT2D eigenvalue weighted by atomic mass is 35.5. The summed E-state index contributed by atoms with van der Waals surface area (Å²) in [6.45, 7) is 3.62. The van der Waals surface area contributed by atoms with Gasteiger partial charge in [0.15, 0.2) is 21.3 Å². The van der Waals surface area contributed by atoms with Crippen molar-refractivity contribution in [3.05, 3.63) is 53.1 Å². The first-order valence-electron chi connectivity index (χ1n) is 9.04. The second-order valence-corrected chi connectivity index (χ2v) is 8.92. The number of carbonyl (C=O) groups is 1. The van der Waals surface area contributed by atoms with Gasteiger partial charge in [0.2, 0.25) is 5.91 Å². The molecule has 0 spiro atoms. The lowest BCUT2D eigenvalue weighted by atomic mass is 10.1. The van der Waals surface area contributed by atoms with Crippen LogP contribution in [-0.2, 0) is 21.2 Å². The number of benzene rings is 2. The molecule has 1 aliphatic heterocycles. The monoisotopic (exact) mass is 423 g/mol. The van der Waals surface area contributed by atoms with E-state index in [9.17, 15) is 13.2 Å². The van der Waals surface area contributed by atoms with Crippen molar-refractivity contribution in [2.45, 2.75) is 24.8 Å². The van der Waals surface area contributed by atoms with Crippen LogP contribution >= 0.6 is 11.6 Å². The zero-order valence-corrected chi connectivity index (χ0v) is 17.1. The molecule has 0 N–H and O–H groups in total. The third kappa shape index (κ3) is 4.77. The maximum atomic E-state index is 12.6. The number of sulfone groups is 1. The maximum Gasteiger partial charge on any atom is 0.223 e. The molecule has 0 fully saturated rings. The van der Waals surface area contributed by atoms with Crippen LogP contribution in [0.2, 0.25) is 5.02 Å². The molecule has 0 saturated heterocycles. The molecular weight excluding hydrogens is 402 g/mol. The molecule has 1 amide bonds. The van der Waals surface area contributed by atoms with Crippen LogP contribution in [0.15, 0.2) is 47.4 Å². The normalized spacial score (nSPS) is 13.2. The van der Waals surface area contributed by atoms with Gasteiger partial charge >= 0.3 is 0 Å². The fraction of sp³-hybridized carbons (Fsp3) is 0.350. The van der Waals surface area contributed by atoms with Gasteiger partial charge in [-0.15, -0.1) is 0 Å². The minimum Gasteiger partial charge on any atom is -0.486 e. The number of nitrogens with zero attached hydrogens (tertiary/aromatic N) is 1. The summed E-state index contributed by atoms with van der Waals surface area (Å²) < 4.78 is 36.2. The summed E-state index contributed by atoms with van der Waals surface area (Å²) in [4.78, 5) is 14.4. The van der Waals surface area contributed by atoms with Crippen molar-refractivity contribution in [3.63, 3.8) is 0 Å². The topological polar surface area (TPSA) is 72.9 Å². The number of hydrogen-bond donors (Lipinski definition) is 0. The summed E-state index contributed by atoms with van der Waals surface area (Å²) in [7, 11) is -3.55. The molecule has 0 saturated carbocycles. The Labute approximate surface area is 169 Å². The third-order valence-electron chi connectivity index (χ3n) is 4.50. The Morgan fingerprint density at radius 1 is 1.11 bits per heavy atom. The Balaban J connectivity index is 1.66. The van der Waals surface area contributed by atoms with Gasteiger partial charge in [0.25, 0.3) is 0 Å². The van der Waals surface area contributed by atoms with Crippen molar-refractivity contribution in [2.24, 2.45) is 0 Å². The second kappa shape index (κ2) is 8.84. The van der Waals surface area contributed by atoms with E-state index in [1.807, 2.05) is 25.1 Å². The van der Waals surface area contributed by atoms with E-state index in [2.05, 4.69) is 0 Å². The second-order valence-electron chi connectivity index (χ2n) is 6.37. The molecule has 0 unspecified atom stereocenters. The highest BCUT2D eigenvalue weighted by molar-refractivity contribution is 7.91. The van der Waals surface area contributed by atoms with Crippen molar-refractivity contribution in [2.75, 3.05) is 25.5 Å². The molecule has 2 aromatic carbocycles. The van der Waals surface area contributed by atoms with Crippen LogP contribution in [0.5, 0.6) is 11.5 Å². The number of fused-ring (bicyclic) bond motifs is 1. The van der Waals surface area contributed by atoms with Crippen LogP contribution in [0.4, 0.5) is 0 Å². The van der Waals surface area contributed by atoms with Gasteiger partial charge in [-0.3, -0.25) is 4.79 Å². The number of ether oxygens (including phenoxy) is 2. The van der Waals surface area contributed by atoms with Crippen LogP contribution in [0.1, 0.15) is 18.9 Å². The molecule has 3 rings (SSSR count). The van der Waals surface area contributed by atoms with Crippen molar-refractivity contribution in [3.8, 4) is 11.5 Å². The quantitative estimate of drug-likeness (QED) is 0.683. The molecule has 1 aliphatic rings. The lowest BCUT2D eigenvalue weighted by Gasteiger charge is -2.25. The van der Waals surface area contributed by atoms with Gasteiger partial charge in [-0.05, 0) is 37.3 Å². The van der Waals surface area contributed by atoms with Gasteiger partial charge < -0.3 is 14.4 Å². The first kappa shape index (κ1) is 20.5. The van der Waals surface area contributed by atoms with Crippen molar-refractivity contribution in [1.29, 1.82) is 0 Å². The molecule has 0 aromatic heterocycles. The first-order valence-corrected chi connectivity index (χ1v) is 11.1. The van der Waals surface area contributed by atoms with Crippen LogP contribution < -0.4 is 9.47 Å². The lowest BCUT2D eigenvalue weighted by Crippen LogP contribution is -2.32. The van der Waals surface area contributed by atoms with Gasteiger partial charge in [-0.25, -0.2) is 8.42 Å². The Morgan fingerprint density at radius 3 is 2.54 bits per heavy atom. The van der Waals surface area contributed by atoms with E-state index in [1.54, 1.807) is 4.90 Å². The van der Waals surface area contributed by atoms with Crippen molar-refractivity contribution in [1.82, 2.24) is 4.90 Å². The summed E-state index contributed by atoms with van der Waals surface area (Å²) in [6.07, 6.45) is -0.0921. The smallest absolute Gasteiger partial charge is 0.223 e. The highest BCUT2D eigenvalue weighted by Crippen LogP contribution is 2.34. The molecule has 150 valence electrons. The lowest BCUT2D eigenvalue weighted by molar-refractivity contribution is -0.131. The van der Waals surface area contributed by atoms with E-state index in [4.69, 9.17) is 21.1 Å². The van der Waals surface area contributed by atoms with Gasteiger partial charge in [0.1, 0.15) is 13.2 Å². The average Bonchev–Trinajstić information content (AvgIpc) is 2.70. The van der Waals surface area contributed by atoms with Crippen LogP contribution in [0.3, 0.4) is 0 Å². The van der Waals surface area contributed by atoms with Crippen LogP contribution in [-0.4, -0.2) is 44.7 Å². The number of carbonyl (C=O) groups excluding carboxylic acids is 1. The molecular formula is C20H22ClNO5S. The Kier molecular flexibility index (Phi) is 6.46. The fourth-order valence-corrected chi connectivity index (χ4v) is 4.34. The molecule has 1 heterocycles. The van der Waals surface area contributed by atoms with Crippen LogP contribution in [0.25, 0.3) is 0 Å². The molecule has 2 aromatic rings. The van der Waals surface area contributed by atoms with Gasteiger partial charge in [-0.1, -0.05) is 23.7 Å². The van der Waals surface area contributed by atoms with Gasteiger partial charge in [0.05, 0.1) is 10.6 Å². The molecule has 28 heavy (non-hydrogen) atoms. The van der Waals surface area contributed by atoms with Gasteiger partial charge in [-0.2, -0.15) is 0 Å². The summed E-state index contributed by atoms with van der Waals surface area (Å²) in [5.41, 5.74) is 0.841. The standard InChI is InChI=1S/C20H22ClNO5S/c1-2-22(14-15-4-3-5-18-20(15)27-12-11-26-18)19(23)10-13-28(24,25)17-8-6-16(21)7-9-17/h3-9H,2,10-14H2,1H3. The summed E-state index contributed by atoms with van der Waals surface area (Å²) in [5, 5.41) is 0.463. The van der Waals surface area contributed by atoms with Crippen molar-refractivity contribution < 1.29 is 22.7 Å². The summed E-state index contributed by atoms with van der Waals surface area (Å²) in [6, 6.07) is 11.5. The minimum absolute atomic E-state index is 0.0921. The SMILES string of the molecule is CCN(Cc1cccc2c1OCCO2)C(=O)CCS(=O)(=O)c1ccc(Cl)cc1. The zero-order chi connectivity index (χ0) is 20.1. The third-order valence-corrected chi connectivity index (χ3v) is 6.48.